The Morgan fingerprint density at radius 3 is 1.33 bits per heavy atom. The van der Waals surface area contributed by atoms with E-state index in [1.165, 1.54) is 64.3 Å². The summed E-state index contributed by atoms with van der Waals surface area (Å²) in [7, 11) is 0. The van der Waals surface area contributed by atoms with Gasteiger partial charge in [-0.2, -0.15) is 0 Å². The van der Waals surface area contributed by atoms with Crippen LogP contribution in [0.25, 0.3) is 0 Å². The van der Waals surface area contributed by atoms with Crippen molar-refractivity contribution >= 4 is 53.2 Å². The number of carbonyl (C=O) groups excluding carboxylic acids is 8. The number of benzene rings is 1. The Bertz CT molecular complexity index is 1470. The summed E-state index contributed by atoms with van der Waals surface area (Å²) < 4.78 is 0. The molecule has 0 aromatic heterocycles. The van der Waals surface area contributed by atoms with E-state index in [9.17, 15) is 53.4 Å². The van der Waals surface area contributed by atoms with E-state index in [0.717, 1.165) is 25.7 Å². The van der Waals surface area contributed by atoms with Crippen LogP contribution >= 0.6 is 0 Å². The summed E-state index contributed by atoms with van der Waals surface area (Å²) >= 11 is 0. The minimum atomic E-state index is -1.31. The molecule has 0 aliphatic rings. The molecule has 306 valence electrons. The average Bonchev–Trinajstić information content (AvgIpc) is 3.14. The van der Waals surface area contributed by atoms with Crippen LogP contribution in [0.5, 0.6) is 5.75 Å². The molecule has 0 heterocycles. The molecule has 0 radical (unpaired) electrons. The molecule has 19 nitrogen and oxygen atoms in total. The van der Waals surface area contributed by atoms with Gasteiger partial charge in [0.1, 0.15) is 29.9 Å². The first kappa shape index (κ1) is 47.3. The second-order valence-electron chi connectivity index (χ2n) is 13.0. The largest absolute Gasteiger partial charge is 0.508 e. The molecule has 0 aliphatic heterocycles. The predicted molar refractivity (Wildman–Crippen MR) is 199 cm³/mol. The van der Waals surface area contributed by atoms with Crippen molar-refractivity contribution in [2.75, 3.05) is 26.2 Å². The Balaban J connectivity index is 2.30. The molecule has 0 saturated carbocycles. The minimum absolute atomic E-state index is 0.00524. The first-order chi connectivity index (χ1) is 26.0. The molecule has 8 amide bonds. The van der Waals surface area contributed by atoms with E-state index in [4.69, 9.17) is 0 Å². The number of phenolic OH excluding ortho intramolecular Hbond substituents is 1. The normalized spacial score (nSPS) is 12.7. The van der Waals surface area contributed by atoms with E-state index >= 15 is 0 Å². The van der Waals surface area contributed by atoms with Crippen LogP contribution < -0.4 is 42.5 Å². The third kappa shape index (κ3) is 21.5. The standard InChI is InChI=1S/C36H56N8O11/c1-5-6-7-8-9-10-11-12-28(46)37-18-29(47)41-22(2)33(51)38-19-30(48)42-23(3)34(52)39-20-31(49)43-24(4)35(53)40-21-32(50)44-27(36(54)55)17-25-13-15-26(45)16-14-25/h13-16,22-24,27,45H,5-12,17-21H2,1-4H3,(H,37,46)(H,38,51)(H,39,52)(H,40,53)(H,41,47)(H,42,48)(H,43,49)(H,44,50)(H,54,55)/t22-,23-,24-,27-/m0/s1. The van der Waals surface area contributed by atoms with E-state index in [0.29, 0.717) is 12.0 Å². The number of hydrogen-bond donors (Lipinski definition) is 10. The van der Waals surface area contributed by atoms with Gasteiger partial charge in [0, 0.05) is 12.8 Å². The number of carboxylic acid groups (broad SMARTS) is 1. The fourth-order valence-corrected chi connectivity index (χ4v) is 4.86. The number of amides is 8. The molecule has 10 N–H and O–H groups in total. The van der Waals surface area contributed by atoms with Gasteiger partial charge in [-0.25, -0.2) is 4.79 Å². The van der Waals surface area contributed by atoms with Crippen molar-refractivity contribution in [2.45, 2.75) is 110 Å². The second kappa shape index (κ2) is 26.1. The van der Waals surface area contributed by atoms with Crippen LogP contribution in [-0.4, -0.2) is 114 Å². The first-order valence-corrected chi connectivity index (χ1v) is 18.3. The van der Waals surface area contributed by atoms with E-state index in [1.54, 1.807) is 0 Å². The van der Waals surface area contributed by atoms with Gasteiger partial charge in [-0.1, -0.05) is 57.6 Å². The Morgan fingerprint density at radius 1 is 0.527 bits per heavy atom. The topological polar surface area (TPSA) is 290 Å². The van der Waals surface area contributed by atoms with Crippen LogP contribution in [0, 0.1) is 0 Å². The number of aliphatic carboxylic acids is 1. The van der Waals surface area contributed by atoms with E-state index in [2.05, 4.69) is 49.5 Å². The van der Waals surface area contributed by atoms with E-state index in [1.807, 2.05) is 0 Å². The minimum Gasteiger partial charge on any atom is -0.508 e. The SMILES string of the molecule is CCCCCCCCCC(=O)NCC(=O)N[C@@H](C)C(=O)NCC(=O)N[C@@H](C)C(=O)NCC(=O)N[C@@H](C)C(=O)NCC(=O)N[C@@H](Cc1ccc(O)cc1)C(=O)O. The number of aromatic hydroxyl groups is 1. The number of carbonyl (C=O) groups is 9. The summed E-state index contributed by atoms with van der Waals surface area (Å²) in [4.78, 5) is 110. The molecule has 0 spiro atoms. The first-order valence-electron chi connectivity index (χ1n) is 18.3. The molecule has 55 heavy (non-hydrogen) atoms. The average molecular weight is 777 g/mol. The van der Waals surface area contributed by atoms with Crippen molar-refractivity contribution in [3.05, 3.63) is 29.8 Å². The number of hydrogen-bond acceptors (Lipinski definition) is 10. The third-order valence-electron chi connectivity index (χ3n) is 8.04. The summed E-state index contributed by atoms with van der Waals surface area (Å²) in [6.45, 7) is 4.22. The summed E-state index contributed by atoms with van der Waals surface area (Å²) in [5, 5.41) is 37.6. The number of rotatable bonds is 26. The summed E-state index contributed by atoms with van der Waals surface area (Å²) in [6, 6.07) is 1.16. The zero-order valence-corrected chi connectivity index (χ0v) is 31.9. The zero-order valence-electron chi connectivity index (χ0n) is 31.9. The van der Waals surface area contributed by atoms with Gasteiger partial charge in [0.25, 0.3) is 0 Å². The van der Waals surface area contributed by atoms with Crippen LogP contribution in [-0.2, 0) is 49.6 Å². The summed E-state index contributed by atoms with van der Waals surface area (Å²) in [5.41, 5.74) is 0.543. The van der Waals surface area contributed by atoms with Gasteiger partial charge in [-0.05, 0) is 44.9 Å². The van der Waals surface area contributed by atoms with E-state index in [-0.39, 0.29) is 24.6 Å². The highest BCUT2D eigenvalue weighted by atomic mass is 16.4. The molecule has 0 aliphatic carbocycles. The fourth-order valence-electron chi connectivity index (χ4n) is 4.86. The number of phenols is 1. The molecular formula is C36H56N8O11. The monoisotopic (exact) mass is 776 g/mol. The van der Waals surface area contributed by atoms with Gasteiger partial charge in [0.05, 0.1) is 26.2 Å². The molecule has 1 aromatic rings. The lowest BCUT2D eigenvalue weighted by molar-refractivity contribution is -0.141. The van der Waals surface area contributed by atoms with E-state index < -0.39 is 91.1 Å². The van der Waals surface area contributed by atoms with Crippen molar-refractivity contribution in [2.24, 2.45) is 0 Å². The predicted octanol–water partition coefficient (Wildman–Crippen LogP) is -1.38. The fraction of sp³-hybridized carbons (Fsp3) is 0.583. The number of nitrogens with one attached hydrogen (secondary N) is 8. The maximum absolute atomic E-state index is 12.4. The highest BCUT2D eigenvalue weighted by Gasteiger charge is 2.23. The van der Waals surface area contributed by atoms with Crippen LogP contribution in [0.2, 0.25) is 0 Å². The van der Waals surface area contributed by atoms with Crippen molar-refractivity contribution < 1.29 is 53.4 Å². The molecular weight excluding hydrogens is 720 g/mol. The highest BCUT2D eigenvalue weighted by Crippen LogP contribution is 2.11. The van der Waals surface area contributed by atoms with Crippen molar-refractivity contribution in [1.82, 2.24) is 42.5 Å². The van der Waals surface area contributed by atoms with Crippen molar-refractivity contribution in [3.8, 4) is 5.75 Å². The Labute approximate surface area is 320 Å². The Hall–Kier alpha value is -5.75. The molecule has 1 rings (SSSR count). The quantitative estimate of drug-likeness (QED) is 0.0490. The summed E-state index contributed by atoms with van der Waals surface area (Å²) in [5.74, 6) is -6.65. The van der Waals surface area contributed by atoms with Crippen LogP contribution in [0.3, 0.4) is 0 Å². The molecule has 0 fully saturated rings. The lowest BCUT2D eigenvalue weighted by Gasteiger charge is -2.18. The van der Waals surface area contributed by atoms with Crippen LogP contribution in [0.1, 0.15) is 84.6 Å². The molecule has 0 unspecified atom stereocenters. The van der Waals surface area contributed by atoms with Gasteiger partial charge in [0.15, 0.2) is 0 Å². The van der Waals surface area contributed by atoms with Crippen molar-refractivity contribution in [3.63, 3.8) is 0 Å². The molecule has 0 bridgehead atoms. The lowest BCUT2D eigenvalue weighted by atomic mass is 10.1. The smallest absolute Gasteiger partial charge is 0.326 e. The molecule has 1 aromatic carbocycles. The zero-order chi connectivity index (χ0) is 41.3. The maximum Gasteiger partial charge on any atom is 0.326 e. The second-order valence-corrected chi connectivity index (χ2v) is 13.0. The van der Waals surface area contributed by atoms with Crippen LogP contribution in [0.4, 0.5) is 0 Å². The third-order valence-corrected chi connectivity index (χ3v) is 8.04. The molecule has 4 atom stereocenters. The lowest BCUT2D eigenvalue weighted by Crippen LogP contribution is -2.53. The Kier molecular flexibility index (Phi) is 22.4. The molecule has 0 saturated heterocycles. The number of unbranched alkanes of at least 4 members (excludes halogenated alkanes) is 6. The number of carboxylic acids is 1. The van der Waals surface area contributed by atoms with Gasteiger partial charge >= 0.3 is 5.97 Å². The van der Waals surface area contributed by atoms with Gasteiger partial charge in [0.2, 0.25) is 47.3 Å². The van der Waals surface area contributed by atoms with Crippen LogP contribution in [0.15, 0.2) is 24.3 Å². The molecule has 19 heteroatoms. The highest BCUT2D eigenvalue weighted by molar-refractivity contribution is 5.95. The van der Waals surface area contributed by atoms with Gasteiger partial charge in [-0.15, -0.1) is 0 Å². The van der Waals surface area contributed by atoms with Gasteiger partial charge < -0.3 is 52.7 Å². The Morgan fingerprint density at radius 2 is 0.909 bits per heavy atom. The maximum atomic E-state index is 12.4. The van der Waals surface area contributed by atoms with Gasteiger partial charge in [-0.3, -0.25) is 38.4 Å². The van der Waals surface area contributed by atoms with Crippen molar-refractivity contribution in [1.29, 1.82) is 0 Å². The summed E-state index contributed by atoms with van der Waals surface area (Å²) in [6.07, 6.45) is 7.66.